The Balaban J connectivity index is 0. The van der Waals surface area contributed by atoms with E-state index in [9.17, 15) is 38.7 Å². The number of unbranched alkanes of at least 4 members (excludes halogenated alkanes) is 15. The quantitative estimate of drug-likeness (QED) is 0.0393. The minimum Gasteiger partial charge on any atom is -0.481 e. The van der Waals surface area contributed by atoms with E-state index in [1.54, 1.807) is 7.11 Å². The van der Waals surface area contributed by atoms with E-state index >= 15 is 0 Å². The van der Waals surface area contributed by atoms with Gasteiger partial charge in [-0.1, -0.05) is 97.3 Å². The van der Waals surface area contributed by atoms with E-state index in [2.05, 4.69) is 16.0 Å². The highest BCUT2D eigenvalue weighted by atomic mass is 16.5. The van der Waals surface area contributed by atoms with Crippen LogP contribution in [0.2, 0.25) is 0 Å². The number of carboxylic acids is 2. The van der Waals surface area contributed by atoms with E-state index in [4.69, 9.17) is 24.1 Å². The lowest BCUT2D eigenvalue weighted by Crippen LogP contribution is -2.41. The van der Waals surface area contributed by atoms with Gasteiger partial charge in [-0.25, -0.2) is 4.79 Å². The molecule has 0 rings (SSSR count). The van der Waals surface area contributed by atoms with E-state index in [-0.39, 0.29) is 61.8 Å². The van der Waals surface area contributed by atoms with Crippen LogP contribution in [0.25, 0.3) is 0 Å². The molecule has 0 fully saturated rings. The molecule has 0 aromatic rings. The van der Waals surface area contributed by atoms with Crippen LogP contribution in [-0.2, 0) is 52.5 Å². The van der Waals surface area contributed by atoms with Crippen LogP contribution in [0, 0.1) is 0 Å². The number of carbonyl (C=O) groups is 7. The number of carboxylic acid groups (broad SMARTS) is 2. The number of nitrogens with one attached hydrogen (secondary N) is 3. The van der Waals surface area contributed by atoms with E-state index in [1.165, 1.54) is 44.9 Å². The van der Waals surface area contributed by atoms with E-state index in [0.717, 1.165) is 70.6 Å². The maximum absolute atomic E-state index is 12.1. The standard InChI is InChI=1S/C27H49NO7.C19H36N2O6/c1-35-22-16-17-23(29)20-21-24(27(33)34)28-25(30)18-14-12-10-8-6-4-2-3-5-7-9-11-13-15-19-26(31)32;1-3-11-26-16-19(24)21-10-12-25-13-14-27-15-17(22)8-6-5-7-9-20-18(23)4-2/h24H,2-22H2,1H3,(H,28,30)(H,31,32)(H,33,34);3-16H2,1-2H3,(H,20,23)(H,21,24)/t24-;/m0./s1. The minimum atomic E-state index is -1.10. The van der Waals surface area contributed by atoms with Crippen LogP contribution in [0.1, 0.15) is 181 Å². The van der Waals surface area contributed by atoms with Crippen molar-refractivity contribution in [2.45, 2.75) is 187 Å². The summed E-state index contributed by atoms with van der Waals surface area (Å²) in [6, 6.07) is -1.01. The van der Waals surface area contributed by atoms with Crippen LogP contribution in [0.5, 0.6) is 0 Å². The van der Waals surface area contributed by atoms with Gasteiger partial charge in [0.2, 0.25) is 17.7 Å². The number of Topliss-reactive ketones (excluding diaryl/α,β-unsaturated/α-hetero) is 2. The molecule has 0 unspecified atom stereocenters. The van der Waals surface area contributed by atoms with Gasteiger partial charge in [0, 0.05) is 71.9 Å². The number of ketones is 2. The lowest BCUT2D eigenvalue weighted by atomic mass is 10.0. The highest BCUT2D eigenvalue weighted by molar-refractivity contribution is 5.84. The molecule has 16 nitrogen and oxygen atoms in total. The summed E-state index contributed by atoms with van der Waals surface area (Å²) in [5.41, 5.74) is 0. The Morgan fingerprint density at radius 1 is 0.468 bits per heavy atom. The maximum Gasteiger partial charge on any atom is 0.326 e. The van der Waals surface area contributed by atoms with Crippen molar-refractivity contribution in [1.82, 2.24) is 16.0 Å². The van der Waals surface area contributed by atoms with E-state index < -0.39 is 18.0 Å². The largest absolute Gasteiger partial charge is 0.481 e. The van der Waals surface area contributed by atoms with Gasteiger partial charge in [-0.15, -0.1) is 0 Å². The number of rotatable bonds is 45. The van der Waals surface area contributed by atoms with Crippen LogP contribution >= 0.6 is 0 Å². The molecule has 16 heteroatoms. The topological polar surface area (TPSA) is 233 Å². The van der Waals surface area contributed by atoms with Gasteiger partial charge in [-0.05, 0) is 44.9 Å². The summed E-state index contributed by atoms with van der Waals surface area (Å²) >= 11 is 0. The van der Waals surface area contributed by atoms with Gasteiger partial charge in [-0.3, -0.25) is 28.8 Å². The van der Waals surface area contributed by atoms with Crippen molar-refractivity contribution in [1.29, 1.82) is 0 Å². The first-order valence-electron chi connectivity index (χ1n) is 23.5. The highest BCUT2D eigenvalue weighted by Gasteiger charge is 2.20. The first kappa shape index (κ1) is 60.6. The third-order valence-corrected chi connectivity index (χ3v) is 9.75. The zero-order chi connectivity index (χ0) is 46.3. The molecule has 0 saturated heterocycles. The molecule has 3 amide bonds. The molecule has 0 aliphatic carbocycles. The van der Waals surface area contributed by atoms with Crippen LogP contribution in [-0.4, -0.2) is 124 Å². The second-order valence-corrected chi connectivity index (χ2v) is 15.6. The summed E-state index contributed by atoms with van der Waals surface area (Å²) in [5.74, 6) is -2.08. The Bertz CT molecular complexity index is 1160. The predicted molar refractivity (Wildman–Crippen MR) is 239 cm³/mol. The predicted octanol–water partition coefficient (Wildman–Crippen LogP) is 6.88. The summed E-state index contributed by atoms with van der Waals surface area (Å²) in [5, 5.41) is 26.0. The maximum atomic E-state index is 12.1. The molecule has 0 heterocycles. The zero-order valence-electron chi connectivity index (χ0n) is 38.7. The summed E-state index contributed by atoms with van der Waals surface area (Å²) in [7, 11) is 1.57. The van der Waals surface area contributed by atoms with Crippen molar-refractivity contribution in [2.24, 2.45) is 0 Å². The fourth-order valence-electron chi connectivity index (χ4n) is 6.13. The minimum absolute atomic E-state index is 0.00693. The lowest BCUT2D eigenvalue weighted by molar-refractivity contribution is -0.142. The number of hydrogen-bond donors (Lipinski definition) is 5. The molecule has 0 radical (unpaired) electrons. The number of ether oxygens (including phenoxy) is 4. The molecular formula is C46H85N3O13. The molecule has 0 spiro atoms. The first-order valence-corrected chi connectivity index (χ1v) is 23.5. The number of hydrogen-bond acceptors (Lipinski definition) is 11. The molecule has 0 aliphatic rings. The van der Waals surface area contributed by atoms with Gasteiger partial charge < -0.3 is 45.1 Å². The van der Waals surface area contributed by atoms with Crippen molar-refractivity contribution in [2.75, 3.05) is 66.4 Å². The smallest absolute Gasteiger partial charge is 0.326 e. The number of amides is 3. The summed E-state index contributed by atoms with van der Waals surface area (Å²) in [6.45, 7) is 7.28. The van der Waals surface area contributed by atoms with Crippen molar-refractivity contribution >= 4 is 41.2 Å². The summed E-state index contributed by atoms with van der Waals surface area (Å²) in [6.07, 6.45) is 21.9. The number of methoxy groups -OCH3 is 1. The fraction of sp³-hybridized carbons (Fsp3) is 0.848. The molecule has 362 valence electrons. The van der Waals surface area contributed by atoms with Gasteiger partial charge in [0.1, 0.15) is 25.0 Å². The molecule has 0 aromatic carbocycles. The van der Waals surface area contributed by atoms with Crippen LogP contribution in [0.3, 0.4) is 0 Å². The Morgan fingerprint density at radius 2 is 0.984 bits per heavy atom. The van der Waals surface area contributed by atoms with Crippen LogP contribution < -0.4 is 16.0 Å². The third kappa shape index (κ3) is 47.6. The van der Waals surface area contributed by atoms with Gasteiger partial charge in [-0.2, -0.15) is 0 Å². The van der Waals surface area contributed by atoms with E-state index in [0.29, 0.717) is 78.2 Å². The van der Waals surface area contributed by atoms with Gasteiger partial charge in [0.15, 0.2) is 5.78 Å². The van der Waals surface area contributed by atoms with Gasteiger partial charge in [0.05, 0.1) is 19.8 Å². The van der Waals surface area contributed by atoms with Gasteiger partial charge >= 0.3 is 11.9 Å². The average molecular weight is 888 g/mol. The second-order valence-electron chi connectivity index (χ2n) is 15.6. The number of aliphatic carboxylic acids is 2. The average Bonchev–Trinajstić information content (AvgIpc) is 3.24. The van der Waals surface area contributed by atoms with Crippen LogP contribution in [0.4, 0.5) is 0 Å². The Labute approximate surface area is 372 Å². The zero-order valence-corrected chi connectivity index (χ0v) is 38.7. The number of carbonyl (C=O) groups excluding carboxylic acids is 5. The molecule has 0 bridgehead atoms. The summed E-state index contributed by atoms with van der Waals surface area (Å²) < 4.78 is 20.6. The Kier molecular flexibility index (Phi) is 46.0. The van der Waals surface area contributed by atoms with Gasteiger partial charge in [0.25, 0.3) is 0 Å². The monoisotopic (exact) mass is 888 g/mol. The molecule has 5 N–H and O–H groups in total. The molecule has 0 saturated carbocycles. The normalized spacial score (nSPS) is 11.3. The highest BCUT2D eigenvalue weighted by Crippen LogP contribution is 2.14. The molecular weight excluding hydrogens is 803 g/mol. The fourth-order valence-corrected chi connectivity index (χ4v) is 6.13. The van der Waals surface area contributed by atoms with E-state index in [1.807, 2.05) is 13.8 Å². The third-order valence-electron chi connectivity index (χ3n) is 9.75. The molecule has 0 aromatic heterocycles. The molecule has 0 aliphatic heterocycles. The lowest BCUT2D eigenvalue weighted by Gasteiger charge is -2.14. The Hall–Kier alpha value is -3.47. The summed E-state index contributed by atoms with van der Waals surface area (Å²) in [4.78, 5) is 79.7. The van der Waals surface area contributed by atoms with Crippen LogP contribution in [0.15, 0.2) is 0 Å². The first-order chi connectivity index (χ1) is 30.0. The van der Waals surface area contributed by atoms with Crippen molar-refractivity contribution in [3.8, 4) is 0 Å². The van der Waals surface area contributed by atoms with Crippen molar-refractivity contribution in [3.05, 3.63) is 0 Å². The van der Waals surface area contributed by atoms with Crippen molar-refractivity contribution < 1.29 is 62.7 Å². The molecule has 1 atom stereocenters. The SMILES string of the molecule is CCCOCC(=O)NCCOCCOCC(=O)CCCCCNC(=O)CC.COCCCC(=O)CC[C@H](NC(=O)CCCCCCCCCCCCCCCCC(=O)O)C(=O)O. The second kappa shape index (κ2) is 47.0. The van der Waals surface area contributed by atoms with Crippen molar-refractivity contribution in [3.63, 3.8) is 0 Å². The molecule has 62 heavy (non-hydrogen) atoms. The Morgan fingerprint density at radius 3 is 1.55 bits per heavy atom.